The van der Waals surface area contributed by atoms with Gasteiger partial charge >= 0.3 is 18.0 Å². The SMILES string of the molecule is CC(C)(C)NC(=O)NCCCCC(NC(=O)NC(C)(C)C)C(=O)O. The second-order valence-corrected chi connectivity index (χ2v) is 7.87. The van der Waals surface area contributed by atoms with E-state index in [0.29, 0.717) is 25.8 Å². The molecule has 0 heterocycles. The van der Waals surface area contributed by atoms with Crippen LogP contribution in [0.15, 0.2) is 0 Å². The lowest BCUT2D eigenvalue weighted by atomic mass is 10.1. The summed E-state index contributed by atoms with van der Waals surface area (Å²) in [6.07, 6.45) is 1.50. The third-order valence-corrected chi connectivity index (χ3v) is 2.79. The number of carbonyl (C=O) groups is 3. The molecule has 0 aromatic rings. The van der Waals surface area contributed by atoms with Crippen LogP contribution in [0.25, 0.3) is 0 Å². The van der Waals surface area contributed by atoms with Crippen LogP contribution in [0.1, 0.15) is 60.8 Å². The summed E-state index contributed by atoms with van der Waals surface area (Å²) >= 11 is 0. The van der Waals surface area contributed by atoms with E-state index < -0.39 is 23.6 Å². The zero-order chi connectivity index (χ0) is 19.0. The van der Waals surface area contributed by atoms with Gasteiger partial charge in [0.15, 0.2) is 0 Å². The number of rotatable bonds is 7. The first kappa shape index (κ1) is 22.0. The van der Waals surface area contributed by atoms with Crippen molar-refractivity contribution in [2.75, 3.05) is 6.54 Å². The highest BCUT2D eigenvalue weighted by Gasteiger charge is 2.22. The Kier molecular flexibility index (Phi) is 8.57. The standard InChI is InChI=1S/C16H32N4O4/c1-15(2,3)19-13(23)17-10-8-7-9-11(12(21)22)18-14(24)20-16(4,5)6/h11H,7-10H2,1-6H3,(H,21,22)(H2,17,19,23)(H2,18,20,24). The quantitative estimate of drug-likeness (QED) is 0.452. The molecule has 0 aliphatic heterocycles. The van der Waals surface area contributed by atoms with Crippen molar-refractivity contribution in [1.82, 2.24) is 21.3 Å². The summed E-state index contributed by atoms with van der Waals surface area (Å²) in [5.74, 6) is -1.07. The van der Waals surface area contributed by atoms with E-state index in [-0.39, 0.29) is 11.6 Å². The Labute approximate surface area is 144 Å². The molecule has 0 spiro atoms. The number of aliphatic carboxylic acids is 1. The average Bonchev–Trinajstić information content (AvgIpc) is 2.32. The summed E-state index contributed by atoms with van der Waals surface area (Å²) in [4.78, 5) is 34.5. The van der Waals surface area contributed by atoms with E-state index in [1.807, 2.05) is 41.5 Å². The Bertz CT molecular complexity index is 438. The summed E-state index contributed by atoms with van der Waals surface area (Å²) in [5, 5.41) is 19.8. The summed E-state index contributed by atoms with van der Waals surface area (Å²) in [6.45, 7) is 11.6. The summed E-state index contributed by atoms with van der Waals surface area (Å²) in [7, 11) is 0. The number of carboxylic acid groups (broad SMARTS) is 1. The zero-order valence-corrected chi connectivity index (χ0v) is 15.6. The Morgan fingerprint density at radius 2 is 1.38 bits per heavy atom. The Hall–Kier alpha value is -1.99. The first-order chi connectivity index (χ1) is 10.8. The highest BCUT2D eigenvalue weighted by Crippen LogP contribution is 2.03. The Morgan fingerprint density at radius 1 is 0.875 bits per heavy atom. The van der Waals surface area contributed by atoms with Crippen molar-refractivity contribution in [3.8, 4) is 0 Å². The minimum atomic E-state index is -1.07. The molecule has 0 fully saturated rings. The van der Waals surface area contributed by atoms with Gasteiger partial charge in [-0.15, -0.1) is 0 Å². The molecular formula is C16H32N4O4. The molecule has 5 N–H and O–H groups in total. The third kappa shape index (κ3) is 12.5. The van der Waals surface area contributed by atoms with E-state index in [1.54, 1.807) is 0 Å². The average molecular weight is 344 g/mol. The van der Waals surface area contributed by atoms with Crippen molar-refractivity contribution in [3.63, 3.8) is 0 Å². The van der Waals surface area contributed by atoms with Crippen LogP contribution in [0.4, 0.5) is 9.59 Å². The number of unbranched alkanes of at least 4 members (excludes halogenated alkanes) is 1. The van der Waals surface area contributed by atoms with E-state index in [1.165, 1.54) is 0 Å². The van der Waals surface area contributed by atoms with Crippen molar-refractivity contribution in [1.29, 1.82) is 0 Å². The third-order valence-electron chi connectivity index (χ3n) is 2.79. The summed E-state index contributed by atoms with van der Waals surface area (Å²) in [6, 6.07) is -1.70. The molecule has 0 saturated heterocycles. The van der Waals surface area contributed by atoms with Crippen molar-refractivity contribution in [2.45, 2.75) is 77.9 Å². The molecule has 1 atom stereocenters. The van der Waals surface area contributed by atoms with Gasteiger partial charge in [0.1, 0.15) is 6.04 Å². The Morgan fingerprint density at radius 3 is 1.83 bits per heavy atom. The van der Waals surface area contributed by atoms with Gasteiger partial charge in [-0.3, -0.25) is 0 Å². The van der Waals surface area contributed by atoms with Gasteiger partial charge in [-0.1, -0.05) is 0 Å². The molecule has 8 heteroatoms. The summed E-state index contributed by atoms with van der Waals surface area (Å²) < 4.78 is 0. The maximum Gasteiger partial charge on any atom is 0.326 e. The number of hydrogen-bond donors (Lipinski definition) is 5. The van der Waals surface area contributed by atoms with Crippen molar-refractivity contribution >= 4 is 18.0 Å². The lowest BCUT2D eigenvalue weighted by Gasteiger charge is -2.23. The molecule has 0 aliphatic carbocycles. The van der Waals surface area contributed by atoms with E-state index in [2.05, 4.69) is 21.3 Å². The molecule has 1 unspecified atom stereocenters. The van der Waals surface area contributed by atoms with Crippen molar-refractivity contribution in [3.05, 3.63) is 0 Å². The van der Waals surface area contributed by atoms with Crippen LogP contribution in [0.5, 0.6) is 0 Å². The highest BCUT2D eigenvalue weighted by molar-refractivity contribution is 5.82. The lowest BCUT2D eigenvalue weighted by molar-refractivity contribution is -0.139. The van der Waals surface area contributed by atoms with Crippen LogP contribution in [0.2, 0.25) is 0 Å². The molecule has 140 valence electrons. The van der Waals surface area contributed by atoms with Gasteiger partial charge < -0.3 is 26.4 Å². The fourth-order valence-corrected chi connectivity index (χ4v) is 1.85. The van der Waals surface area contributed by atoms with E-state index in [0.717, 1.165) is 0 Å². The molecule has 0 saturated carbocycles. The second-order valence-electron chi connectivity index (χ2n) is 7.87. The number of amides is 4. The van der Waals surface area contributed by atoms with Crippen LogP contribution in [-0.4, -0.2) is 46.8 Å². The lowest BCUT2D eigenvalue weighted by Crippen LogP contribution is -2.51. The minimum Gasteiger partial charge on any atom is -0.480 e. The minimum absolute atomic E-state index is 0.250. The fourth-order valence-electron chi connectivity index (χ4n) is 1.85. The molecule has 24 heavy (non-hydrogen) atoms. The van der Waals surface area contributed by atoms with Crippen LogP contribution in [0.3, 0.4) is 0 Å². The first-order valence-corrected chi connectivity index (χ1v) is 8.18. The van der Waals surface area contributed by atoms with Gasteiger partial charge in [0, 0.05) is 17.6 Å². The van der Waals surface area contributed by atoms with Crippen LogP contribution in [0, 0.1) is 0 Å². The number of carbonyl (C=O) groups excluding carboxylic acids is 2. The second kappa shape index (κ2) is 9.34. The van der Waals surface area contributed by atoms with Crippen LogP contribution < -0.4 is 21.3 Å². The molecule has 0 radical (unpaired) electrons. The van der Waals surface area contributed by atoms with Gasteiger partial charge in [0.2, 0.25) is 0 Å². The summed E-state index contributed by atoms with van der Waals surface area (Å²) in [5.41, 5.74) is -0.736. The molecule has 0 aliphatic rings. The van der Waals surface area contributed by atoms with Gasteiger partial charge in [-0.05, 0) is 60.8 Å². The van der Waals surface area contributed by atoms with Crippen LogP contribution >= 0.6 is 0 Å². The maximum absolute atomic E-state index is 11.7. The topological polar surface area (TPSA) is 120 Å². The number of hydrogen-bond acceptors (Lipinski definition) is 3. The number of urea groups is 2. The number of nitrogens with one attached hydrogen (secondary N) is 4. The van der Waals surface area contributed by atoms with Crippen molar-refractivity contribution in [2.24, 2.45) is 0 Å². The normalized spacial score (nSPS) is 12.9. The molecule has 0 rings (SSSR count). The smallest absolute Gasteiger partial charge is 0.326 e. The Balaban J connectivity index is 4.09. The molecular weight excluding hydrogens is 312 g/mol. The van der Waals surface area contributed by atoms with Crippen LogP contribution in [-0.2, 0) is 4.79 Å². The number of carboxylic acids is 1. The predicted octanol–water partition coefficient (Wildman–Crippen LogP) is 1.81. The monoisotopic (exact) mass is 344 g/mol. The van der Waals surface area contributed by atoms with E-state index in [4.69, 9.17) is 0 Å². The van der Waals surface area contributed by atoms with Crippen molar-refractivity contribution < 1.29 is 19.5 Å². The van der Waals surface area contributed by atoms with Gasteiger partial charge in [-0.2, -0.15) is 0 Å². The molecule has 0 aromatic carbocycles. The zero-order valence-electron chi connectivity index (χ0n) is 15.6. The molecule has 4 amide bonds. The molecule has 0 bridgehead atoms. The highest BCUT2D eigenvalue weighted by atomic mass is 16.4. The largest absolute Gasteiger partial charge is 0.480 e. The van der Waals surface area contributed by atoms with Gasteiger partial charge in [0.25, 0.3) is 0 Å². The molecule has 0 aromatic heterocycles. The predicted molar refractivity (Wildman–Crippen MR) is 93.0 cm³/mol. The maximum atomic E-state index is 11.7. The van der Waals surface area contributed by atoms with Gasteiger partial charge in [0.05, 0.1) is 0 Å². The fraction of sp³-hybridized carbons (Fsp3) is 0.812. The van der Waals surface area contributed by atoms with Gasteiger partial charge in [-0.25, -0.2) is 14.4 Å². The van der Waals surface area contributed by atoms with E-state index in [9.17, 15) is 19.5 Å². The van der Waals surface area contributed by atoms with E-state index >= 15 is 0 Å². The first-order valence-electron chi connectivity index (χ1n) is 8.18. The molecule has 8 nitrogen and oxygen atoms in total.